The first-order valence-electron chi connectivity index (χ1n) is 2.98. The Labute approximate surface area is 74.4 Å². The highest BCUT2D eigenvalue weighted by atomic mass is 19.2. The van der Waals surface area contributed by atoms with E-state index >= 15 is 0 Å². The topological polar surface area (TPSA) is 91.7 Å². The van der Waals surface area contributed by atoms with E-state index in [1.807, 2.05) is 0 Å². The lowest BCUT2D eigenvalue weighted by Gasteiger charge is -1.99. The van der Waals surface area contributed by atoms with Gasteiger partial charge in [0.15, 0.2) is 0 Å². The number of aliphatic carboxylic acids is 2. The number of hydrogen-bond donors (Lipinski definition) is 2. The van der Waals surface area contributed by atoms with E-state index in [9.17, 15) is 27.6 Å². The Morgan fingerprint density at radius 2 is 1.43 bits per heavy atom. The molecule has 0 saturated heterocycles. The fraction of sp³-hybridized carbons (Fsp3) is 0.167. The van der Waals surface area contributed by atoms with Gasteiger partial charge in [-0.1, -0.05) is 0 Å². The van der Waals surface area contributed by atoms with Crippen LogP contribution in [-0.4, -0.2) is 34.1 Å². The summed E-state index contributed by atoms with van der Waals surface area (Å²) < 4.78 is 36.7. The summed E-state index contributed by atoms with van der Waals surface area (Å²) >= 11 is 0. The van der Waals surface area contributed by atoms with Crippen molar-refractivity contribution >= 4 is 17.7 Å². The van der Waals surface area contributed by atoms with Gasteiger partial charge in [0.2, 0.25) is 17.4 Å². The second-order valence-electron chi connectivity index (χ2n) is 2.00. The maximum atomic E-state index is 12.3. The lowest BCUT2D eigenvalue weighted by atomic mass is 10.2. The molecule has 0 saturated carbocycles. The van der Waals surface area contributed by atoms with E-state index in [4.69, 9.17) is 10.2 Å². The average molecular weight is 212 g/mol. The summed E-state index contributed by atoms with van der Waals surface area (Å²) in [5.41, 5.74) is 0. The number of alkyl halides is 1. The van der Waals surface area contributed by atoms with Crippen molar-refractivity contribution in [3.05, 3.63) is 11.7 Å². The first kappa shape index (κ1) is 12.1. The summed E-state index contributed by atoms with van der Waals surface area (Å²) in [4.78, 5) is 29.9. The highest BCUT2D eigenvalue weighted by Gasteiger charge is 2.32. The summed E-state index contributed by atoms with van der Waals surface area (Å²) in [6.45, 7) is 0. The van der Waals surface area contributed by atoms with Gasteiger partial charge in [-0.25, -0.2) is 14.0 Å². The zero-order valence-corrected chi connectivity index (χ0v) is 6.33. The molecule has 0 spiro atoms. The molecule has 0 radical (unpaired) electrons. The van der Waals surface area contributed by atoms with Gasteiger partial charge in [0.05, 0.1) is 0 Å². The Morgan fingerprint density at radius 3 is 1.71 bits per heavy atom. The molecule has 0 aliphatic carbocycles. The van der Waals surface area contributed by atoms with Crippen molar-refractivity contribution in [1.29, 1.82) is 0 Å². The zero-order valence-electron chi connectivity index (χ0n) is 6.33. The molecule has 8 heteroatoms. The molecule has 0 heterocycles. The van der Waals surface area contributed by atoms with E-state index < -0.39 is 35.5 Å². The SMILES string of the molecule is O=C(O)C(F)=C(F)C(=O)C(F)C(=O)O. The number of halogens is 3. The van der Waals surface area contributed by atoms with Crippen LogP contribution in [0.2, 0.25) is 0 Å². The van der Waals surface area contributed by atoms with E-state index in [0.29, 0.717) is 0 Å². The molecule has 78 valence electrons. The third-order valence-electron chi connectivity index (χ3n) is 1.04. The number of carbonyl (C=O) groups is 3. The van der Waals surface area contributed by atoms with Gasteiger partial charge in [-0.05, 0) is 0 Å². The lowest BCUT2D eigenvalue weighted by molar-refractivity contribution is -0.147. The van der Waals surface area contributed by atoms with Crippen molar-refractivity contribution in [1.82, 2.24) is 0 Å². The zero-order chi connectivity index (χ0) is 11.5. The highest BCUT2D eigenvalue weighted by Crippen LogP contribution is 2.13. The minimum Gasteiger partial charge on any atom is -0.479 e. The molecule has 5 nitrogen and oxygen atoms in total. The van der Waals surface area contributed by atoms with E-state index in [0.717, 1.165) is 0 Å². The fourth-order valence-corrected chi connectivity index (χ4v) is 0.425. The molecule has 0 aliphatic rings. The molecule has 0 fully saturated rings. The fourth-order valence-electron chi connectivity index (χ4n) is 0.425. The van der Waals surface area contributed by atoms with Crippen molar-refractivity contribution in [3.8, 4) is 0 Å². The average Bonchev–Trinajstić information content (AvgIpc) is 2.12. The molecular formula is C6H3F3O5. The molecule has 1 atom stereocenters. The van der Waals surface area contributed by atoms with Crippen molar-refractivity contribution in [3.63, 3.8) is 0 Å². The largest absolute Gasteiger partial charge is 0.479 e. The van der Waals surface area contributed by atoms with Crippen molar-refractivity contribution in [2.75, 3.05) is 0 Å². The van der Waals surface area contributed by atoms with Crippen LogP contribution >= 0.6 is 0 Å². The predicted octanol–water partition coefficient (Wildman–Crippen LogP) is 0.213. The summed E-state index contributed by atoms with van der Waals surface area (Å²) in [5.74, 6) is -12.2. The quantitative estimate of drug-likeness (QED) is 0.513. The standard InChI is InChI=1S/C6H3F3O5/c7-1(2(8)5(11)12)4(10)3(9)6(13)14/h3H,(H,11,12)(H,13,14). The molecular weight excluding hydrogens is 209 g/mol. The van der Waals surface area contributed by atoms with Gasteiger partial charge in [-0.15, -0.1) is 0 Å². The molecule has 0 aromatic heterocycles. The van der Waals surface area contributed by atoms with Gasteiger partial charge in [-0.3, -0.25) is 4.79 Å². The van der Waals surface area contributed by atoms with Crippen LogP contribution in [0, 0.1) is 0 Å². The Balaban J connectivity index is 4.97. The number of hydrogen-bond acceptors (Lipinski definition) is 3. The number of carboxylic acid groups (broad SMARTS) is 2. The minimum absolute atomic E-state index is 2.33. The Morgan fingerprint density at radius 1 is 1.00 bits per heavy atom. The van der Waals surface area contributed by atoms with E-state index in [-0.39, 0.29) is 0 Å². The summed E-state index contributed by atoms with van der Waals surface area (Å²) in [5, 5.41) is 15.7. The summed E-state index contributed by atoms with van der Waals surface area (Å²) in [6.07, 6.45) is -3.32. The third kappa shape index (κ3) is 2.57. The summed E-state index contributed by atoms with van der Waals surface area (Å²) in [6, 6.07) is 0. The Hall–Kier alpha value is -1.86. The van der Waals surface area contributed by atoms with Crippen LogP contribution < -0.4 is 0 Å². The van der Waals surface area contributed by atoms with Crippen LogP contribution in [0.15, 0.2) is 11.7 Å². The summed E-state index contributed by atoms with van der Waals surface area (Å²) in [7, 11) is 0. The van der Waals surface area contributed by atoms with Gasteiger partial charge < -0.3 is 10.2 Å². The van der Waals surface area contributed by atoms with Crippen LogP contribution in [0.3, 0.4) is 0 Å². The van der Waals surface area contributed by atoms with Gasteiger partial charge in [0.25, 0.3) is 6.17 Å². The third-order valence-corrected chi connectivity index (χ3v) is 1.04. The number of Topliss-reactive ketones (excluding diaryl/α,β-unsaturated/α-hetero) is 1. The van der Waals surface area contributed by atoms with Crippen LogP contribution in [-0.2, 0) is 14.4 Å². The lowest BCUT2D eigenvalue weighted by Crippen LogP contribution is -2.26. The van der Waals surface area contributed by atoms with Crippen LogP contribution in [0.5, 0.6) is 0 Å². The first-order chi connectivity index (χ1) is 6.29. The number of carboxylic acids is 2. The van der Waals surface area contributed by atoms with Crippen LogP contribution in [0.4, 0.5) is 13.2 Å². The first-order valence-corrected chi connectivity index (χ1v) is 2.98. The maximum Gasteiger partial charge on any atom is 0.368 e. The monoisotopic (exact) mass is 212 g/mol. The van der Waals surface area contributed by atoms with Gasteiger partial charge in [0.1, 0.15) is 0 Å². The molecule has 0 rings (SSSR count). The molecule has 1 unspecified atom stereocenters. The Bertz CT molecular complexity index is 321. The second kappa shape index (κ2) is 4.40. The maximum absolute atomic E-state index is 12.3. The van der Waals surface area contributed by atoms with Crippen LogP contribution in [0.25, 0.3) is 0 Å². The molecule has 0 bridgehead atoms. The molecule has 0 amide bonds. The predicted molar refractivity (Wildman–Crippen MR) is 34.4 cm³/mol. The van der Waals surface area contributed by atoms with Crippen molar-refractivity contribution < 1.29 is 37.8 Å². The number of allylic oxidation sites excluding steroid dienone is 1. The van der Waals surface area contributed by atoms with Gasteiger partial charge in [-0.2, -0.15) is 8.78 Å². The van der Waals surface area contributed by atoms with Crippen molar-refractivity contribution in [2.24, 2.45) is 0 Å². The molecule has 0 aromatic carbocycles. The van der Waals surface area contributed by atoms with Gasteiger partial charge in [0, 0.05) is 0 Å². The minimum atomic E-state index is -3.32. The second-order valence-corrected chi connectivity index (χ2v) is 2.00. The van der Waals surface area contributed by atoms with Crippen LogP contribution in [0.1, 0.15) is 0 Å². The molecule has 14 heavy (non-hydrogen) atoms. The smallest absolute Gasteiger partial charge is 0.368 e. The molecule has 0 aliphatic heterocycles. The molecule has 0 aromatic rings. The number of rotatable bonds is 4. The van der Waals surface area contributed by atoms with Gasteiger partial charge >= 0.3 is 11.9 Å². The number of carbonyl (C=O) groups excluding carboxylic acids is 1. The number of ketones is 1. The highest BCUT2D eigenvalue weighted by molar-refractivity contribution is 6.11. The van der Waals surface area contributed by atoms with Crippen molar-refractivity contribution in [2.45, 2.75) is 6.17 Å². The normalized spacial score (nSPS) is 14.2. The Kier molecular flexibility index (Phi) is 3.81. The van der Waals surface area contributed by atoms with E-state index in [2.05, 4.69) is 0 Å². The van der Waals surface area contributed by atoms with E-state index in [1.54, 1.807) is 0 Å². The molecule has 2 N–H and O–H groups in total. The van der Waals surface area contributed by atoms with E-state index in [1.165, 1.54) is 0 Å².